The van der Waals surface area contributed by atoms with E-state index in [9.17, 15) is 4.79 Å². The van der Waals surface area contributed by atoms with Gasteiger partial charge >= 0.3 is 0 Å². The van der Waals surface area contributed by atoms with Gasteiger partial charge in [0.15, 0.2) is 5.65 Å². The maximum absolute atomic E-state index is 12.6. The number of fused-ring (bicyclic) bond motifs is 1. The van der Waals surface area contributed by atoms with Crippen LogP contribution >= 0.6 is 0 Å². The molecule has 1 N–H and O–H groups in total. The Kier molecular flexibility index (Phi) is 4.94. The SMILES string of the molecule is Cc1nc(-c2ccc(C(=O)N[C@H](C)C3=CCCCC3)cc2)c2cnn(C)c2n1. The van der Waals surface area contributed by atoms with Crippen LogP contribution in [0.1, 0.15) is 48.8 Å². The molecule has 0 saturated heterocycles. The van der Waals surface area contributed by atoms with Gasteiger partial charge < -0.3 is 5.32 Å². The van der Waals surface area contributed by atoms with Gasteiger partial charge in [0.05, 0.1) is 17.3 Å². The van der Waals surface area contributed by atoms with Gasteiger partial charge in [-0.3, -0.25) is 9.48 Å². The number of allylic oxidation sites excluding steroid dienone is 1. The van der Waals surface area contributed by atoms with E-state index < -0.39 is 0 Å². The smallest absolute Gasteiger partial charge is 0.251 e. The van der Waals surface area contributed by atoms with Crippen molar-refractivity contribution in [3.8, 4) is 11.3 Å². The fraction of sp³-hybridized carbons (Fsp3) is 0.364. The normalized spacial score (nSPS) is 15.3. The number of nitrogens with one attached hydrogen (secondary N) is 1. The van der Waals surface area contributed by atoms with E-state index in [1.165, 1.54) is 18.4 Å². The lowest BCUT2D eigenvalue weighted by molar-refractivity contribution is 0.0944. The Morgan fingerprint density at radius 3 is 2.68 bits per heavy atom. The number of carbonyl (C=O) groups excluding carboxylic acids is 1. The molecule has 0 aliphatic heterocycles. The number of hydrogen-bond donors (Lipinski definition) is 1. The van der Waals surface area contributed by atoms with Gasteiger partial charge in [0, 0.05) is 24.2 Å². The van der Waals surface area contributed by atoms with E-state index >= 15 is 0 Å². The third-order valence-corrected chi connectivity index (χ3v) is 5.35. The zero-order valence-electron chi connectivity index (χ0n) is 16.6. The summed E-state index contributed by atoms with van der Waals surface area (Å²) in [6, 6.07) is 7.66. The third-order valence-electron chi connectivity index (χ3n) is 5.35. The maximum atomic E-state index is 12.6. The first-order valence-electron chi connectivity index (χ1n) is 9.79. The van der Waals surface area contributed by atoms with Crippen LogP contribution in [0.4, 0.5) is 0 Å². The van der Waals surface area contributed by atoms with Gasteiger partial charge in [-0.1, -0.05) is 23.8 Å². The second-order valence-corrected chi connectivity index (χ2v) is 7.42. The number of nitrogens with zero attached hydrogens (tertiary/aromatic N) is 4. The number of rotatable bonds is 4. The highest BCUT2D eigenvalue weighted by atomic mass is 16.1. The monoisotopic (exact) mass is 375 g/mol. The lowest BCUT2D eigenvalue weighted by Gasteiger charge is -2.21. The Balaban J connectivity index is 1.56. The predicted molar refractivity (Wildman–Crippen MR) is 110 cm³/mol. The summed E-state index contributed by atoms with van der Waals surface area (Å²) >= 11 is 0. The van der Waals surface area contributed by atoms with Gasteiger partial charge in [-0.05, 0) is 51.7 Å². The lowest BCUT2D eigenvalue weighted by Crippen LogP contribution is -2.34. The van der Waals surface area contributed by atoms with Crippen LogP contribution in [0.5, 0.6) is 0 Å². The number of hydrogen-bond acceptors (Lipinski definition) is 4. The first-order chi connectivity index (χ1) is 13.5. The van der Waals surface area contributed by atoms with Gasteiger partial charge in [-0.2, -0.15) is 5.10 Å². The molecule has 2 aromatic heterocycles. The van der Waals surface area contributed by atoms with Crippen molar-refractivity contribution in [1.29, 1.82) is 0 Å². The summed E-state index contributed by atoms with van der Waals surface area (Å²) in [5.74, 6) is 0.651. The van der Waals surface area contributed by atoms with Crippen molar-refractivity contribution in [2.45, 2.75) is 45.6 Å². The molecule has 0 spiro atoms. The van der Waals surface area contributed by atoms with Crippen LogP contribution in [0.2, 0.25) is 0 Å². The van der Waals surface area contributed by atoms with Crippen molar-refractivity contribution in [3.05, 3.63) is 53.5 Å². The lowest BCUT2D eigenvalue weighted by atomic mass is 9.94. The van der Waals surface area contributed by atoms with E-state index in [0.29, 0.717) is 11.4 Å². The molecule has 144 valence electrons. The second-order valence-electron chi connectivity index (χ2n) is 7.42. The molecule has 1 aliphatic carbocycles. The first-order valence-corrected chi connectivity index (χ1v) is 9.79. The molecular weight excluding hydrogens is 350 g/mol. The predicted octanol–water partition coefficient (Wildman–Crippen LogP) is 3.96. The Labute approximate surface area is 164 Å². The van der Waals surface area contributed by atoms with E-state index in [2.05, 4.69) is 33.4 Å². The van der Waals surface area contributed by atoms with Crippen molar-refractivity contribution >= 4 is 16.9 Å². The van der Waals surface area contributed by atoms with E-state index in [0.717, 1.165) is 35.1 Å². The fourth-order valence-corrected chi connectivity index (χ4v) is 3.76. The van der Waals surface area contributed by atoms with Crippen LogP contribution in [0.25, 0.3) is 22.3 Å². The number of amides is 1. The summed E-state index contributed by atoms with van der Waals surface area (Å²) in [5.41, 5.74) is 4.58. The number of aromatic nitrogens is 4. The minimum absolute atomic E-state index is 0.0454. The van der Waals surface area contributed by atoms with Crippen molar-refractivity contribution in [3.63, 3.8) is 0 Å². The van der Waals surface area contributed by atoms with E-state index in [-0.39, 0.29) is 11.9 Å². The summed E-state index contributed by atoms with van der Waals surface area (Å²) < 4.78 is 1.75. The van der Waals surface area contributed by atoms with Crippen LogP contribution in [-0.4, -0.2) is 31.7 Å². The van der Waals surface area contributed by atoms with Gasteiger partial charge in [0.25, 0.3) is 5.91 Å². The Bertz CT molecular complexity index is 1050. The van der Waals surface area contributed by atoms with Crippen molar-refractivity contribution in [1.82, 2.24) is 25.1 Å². The third kappa shape index (κ3) is 3.54. The van der Waals surface area contributed by atoms with E-state index in [1.54, 1.807) is 10.9 Å². The Hall–Kier alpha value is -3.02. The maximum Gasteiger partial charge on any atom is 0.251 e. The van der Waals surface area contributed by atoms with Gasteiger partial charge in [-0.15, -0.1) is 0 Å². The Morgan fingerprint density at radius 1 is 1.18 bits per heavy atom. The summed E-state index contributed by atoms with van der Waals surface area (Å²) in [5, 5.41) is 8.32. The molecule has 0 saturated carbocycles. The van der Waals surface area contributed by atoms with Crippen LogP contribution in [0.15, 0.2) is 42.1 Å². The highest BCUT2D eigenvalue weighted by Gasteiger charge is 2.16. The zero-order chi connectivity index (χ0) is 19.7. The van der Waals surface area contributed by atoms with Gasteiger partial charge in [0.1, 0.15) is 5.82 Å². The Morgan fingerprint density at radius 2 is 1.96 bits per heavy atom. The molecule has 0 radical (unpaired) electrons. The summed E-state index contributed by atoms with van der Waals surface area (Å²) in [6.45, 7) is 3.94. The van der Waals surface area contributed by atoms with E-state index in [1.807, 2.05) is 38.2 Å². The summed E-state index contributed by atoms with van der Waals surface area (Å²) in [4.78, 5) is 21.7. The van der Waals surface area contributed by atoms with Crippen molar-refractivity contribution < 1.29 is 4.79 Å². The molecule has 28 heavy (non-hydrogen) atoms. The van der Waals surface area contributed by atoms with Crippen molar-refractivity contribution in [2.75, 3.05) is 0 Å². The standard InChI is InChI=1S/C22H25N5O/c1-14(16-7-5-4-6-8-16)24-22(28)18-11-9-17(10-12-18)20-19-13-23-27(3)21(19)26-15(2)25-20/h7,9-14H,4-6,8H2,1-3H3,(H,24,28)/t14-/m1/s1. The number of benzene rings is 1. The average molecular weight is 375 g/mol. The average Bonchev–Trinajstić information content (AvgIpc) is 3.09. The molecular formula is C22H25N5O. The summed E-state index contributed by atoms with van der Waals surface area (Å²) in [7, 11) is 1.87. The zero-order valence-corrected chi connectivity index (χ0v) is 16.6. The molecule has 1 aromatic carbocycles. The minimum atomic E-state index is -0.0454. The number of aryl methyl sites for hydroxylation is 2. The minimum Gasteiger partial charge on any atom is -0.346 e. The van der Waals surface area contributed by atoms with Crippen LogP contribution in [0, 0.1) is 6.92 Å². The quantitative estimate of drug-likeness (QED) is 0.701. The molecule has 6 heteroatoms. The summed E-state index contributed by atoms with van der Waals surface area (Å²) in [6.07, 6.45) is 8.71. The first kappa shape index (κ1) is 18.3. The number of carbonyl (C=O) groups is 1. The molecule has 0 unspecified atom stereocenters. The van der Waals surface area contributed by atoms with Crippen molar-refractivity contribution in [2.24, 2.45) is 7.05 Å². The molecule has 0 fully saturated rings. The van der Waals surface area contributed by atoms with Gasteiger partial charge in [0.2, 0.25) is 0 Å². The van der Waals surface area contributed by atoms with Gasteiger partial charge in [-0.25, -0.2) is 9.97 Å². The molecule has 4 rings (SSSR count). The topological polar surface area (TPSA) is 72.7 Å². The molecule has 1 amide bonds. The van der Waals surface area contributed by atoms with Crippen LogP contribution in [-0.2, 0) is 7.05 Å². The molecule has 3 aromatic rings. The highest BCUT2D eigenvalue weighted by Crippen LogP contribution is 2.26. The van der Waals surface area contributed by atoms with Crippen LogP contribution < -0.4 is 5.32 Å². The molecule has 1 atom stereocenters. The van der Waals surface area contributed by atoms with E-state index in [4.69, 9.17) is 0 Å². The molecule has 0 bridgehead atoms. The second kappa shape index (κ2) is 7.54. The van der Waals surface area contributed by atoms with Crippen LogP contribution in [0.3, 0.4) is 0 Å². The molecule has 1 aliphatic rings. The molecule has 6 nitrogen and oxygen atoms in total. The highest BCUT2D eigenvalue weighted by molar-refractivity contribution is 5.96. The largest absolute Gasteiger partial charge is 0.346 e. The fourth-order valence-electron chi connectivity index (χ4n) is 3.76. The molecule has 2 heterocycles.